The van der Waals surface area contributed by atoms with Gasteiger partial charge in [0.25, 0.3) is 6.43 Å². The molecule has 310 valence electrons. The number of nitrogens with zero attached hydrogens (tertiary/aromatic N) is 13. The number of aliphatic imine (C=N–C) groups is 1. The van der Waals surface area contributed by atoms with Gasteiger partial charge >= 0.3 is 0 Å². The van der Waals surface area contributed by atoms with Crippen LogP contribution in [0.25, 0.3) is 22.8 Å². The number of halogens is 2. The number of alkyl halides is 2. The summed E-state index contributed by atoms with van der Waals surface area (Å²) >= 11 is 0. The standard InChI is InChI=1S/C39H47F2N15O3/c1-23(2)39(3)45-11-12-55(39)37-49-32(25-20-43-34(42)44-21-25)48-36(51-37)54-15-18-58-29(22-54)59-26-8-6-7-24(19-26)31-47-35(53-13-16-57-17-14-53)52-38(50-31)56-28-10-5-4-9-27(28)46-33(56)30(40)41/h6-8,11-12,19-21,23,27-30,45H,4-5,9-10,13-18,22H2,1-3H3,(H2,42,43,44). The van der Waals surface area contributed by atoms with Gasteiger partial charge in [0.2, 0.25) is 36.0 Å². The fraction of sp³-hybridized carbons (Fsp3) is 0.513. The average molecular weight is 812 g/mol. The highest BCUT2D eigenvalue weighted by molar-refractivity contribution is 6.01. The van der Waals surface area contributed by atoms with E-state index < -0.39 is 18.4 Å². The van der Waals surface area contributed by atoms with Gasteiger partial charge in [-0.25, -0.2) is 18.7 Å². The number of ether oxygens (including phenoxy) is 3. The van der Waals surface area contributed by atoms with E-state index in [2.05, 4.69) is 41.0 Å². The summed E-state index contributed by atoms with van der Waals surface area (Å²) in [5, 5.41) is 3.44. The summed E-state index contributed by atoms with van der Waals surface area (Å²) in [5.41, 5.74) is 6.52. The van der Waals surface area contributed by atoms with Crippen LogP contribution in [0.2, 0.25) is 0 Å². The molecule has 4 atom stereocenters. The van der Waals surface area contributed by atoms with E-state index in [0.29, 0.717) is 92.4 Å². The first-order valence-corrected chi connectivity index (χ1v) is 20.1. The maximum atomic E-state index is 14.5. The van der Waals surface area contributed by atoms with Crippen LogP contribution in [0, 0.1) is 5.92 Å². The zero-order chi connectivity index (χ0) is 40.7. The Balaban J connectivity index is 1.00. The van der Waals surface area contributed by atoms with Crippen LogP contribution in [0.5, 0.6) is 5.75 Å². The minimum atomic E-state index is -2.77. The number of hydrogen-bond donors (Lipinski definition) is 2. The predicted molar refractivity (Wildman–Crippen MR) is 216 cm³/mol. The molecule has 5 aliphatic rings. The number of aromatic nitrogens is 8. The summed E-state index contributed by atoms with van der Waals surface area (Å²) in [6.45, 7) is 9.61. The molecule has 1 saturated carbocycles. The molecule has 18 nitrogen and oxygen atoms in total. The molecule has 59 heavy (non-hydrogen) atoms. The molecule has 1 aromatic carbocycles. The number of rotatable bonds is 10. The minimum Gasteiger partial charge on any atom is -0.463 e. The van der Waals surface area contributed by atoms with Crippen molar-refractivity contribution in [1.29, 1.82) is 0 Å². The van der Waals surface area contributed by atoms with Gasteiger partial charge in [0.15, 0.2) is 17.5 Å². The Hall–Kier alpha value is -5.89. The van der Waals surface area contributed by atoms with E-state index in [1.807, 2.05) is 51.4 Å². The maximum Gasteiger partial charge on any atom is 0.295 e. The number of nitrogen functional groups attached to an aromatic ring is 1. The average Bonchev–Trinajstić information content (AvgIpc) is 3.86. The summed E-state index contributed by atoms with van der Waals surface area (Å²) in [4.78, 5) is 49.5. The van der Waals surface area contributed by atoms with Crippen LogP contribution in [-0.2, 0) is 9.47 Å². The molecular weight excluding hydrogens is 765 g/mol. The highest BCUT2D eigenvalue weighted by Gasteiger charge is 2.44. The van der Waals surface area contributed by atoms with Crippen molar-refractivity contribution in [3.8, 4) is 28.5 Å². The number of morpholine rings is 2. The molecule has 7 heterocycles. The van der Waals surface area contributed by atoms with Crippen molar-refractivity contribution >= 4 is 35.6 Å². The normalized spacial score (nSPS) is 24.5. The second kappa shape index (κ2) is 16.0. The van der Waals surface area contributed by atoms with Crippen molar-refractivity contribution in [1.82, 2.24) is 45.2 Å². The molecule has 20 heteroatoms. The van der Waals surface area contributed by atoms with Gasteiger partial charge in [0, 0.05) is 50.0 Å². The van der Waals surface area contributed by atoms with Crippen LogP contribution in [0.15, 0.2) is 54.1 Å². The number of nitrogens with one attached hydrogen (secondary N) is 1. The van der Waals surface area contributed by atoms with E-state index >= 15 is 0 Å². The fourth-order valence-corrected chi connectivity index (χ4v) is 7.99. The number of benzene rings is 1. The lowest BCUT2D eigenvalue weighted by Gasteiger charge is -2.39. The molecule has 1 aliphatic carbocycles. The van der Waals surface area contributed by atoms with E-state index in [9.17, 15) is 8.78 Å². The first kappa shape index (κ1) is 38.6. The van der Waals surface area contributed by atoms with Crippen molar-refractivity contribution in [2.75, 3.05) is 71.3 Å². The Morgan fingerprint density at radius 3 is 2.34 bits per heavy atom. The number of amidine groups is 1. The van der Waals surface area contributed by atoms with Crippen LogP contribution < -0.4 is 35.4 Å². The van der Waals surface area contributed by atoms with Crippen molar-refractivity contribution in [3.63, 3.8) is 0 Å². The van der Waals surface area contributed by atoms with E-state index in [1.165, 1.54) is 0 Å². The molecular formula is C39H47F2N15O3. The van der Waals surface area contributed by atoms with Crippen molar-refractivity contribution < 1.29 is 23.0 Å². The fourth-order valence-electron chi connectivity index (χ4n) is 7.99. The quantitative estimate of drug-likeness (QED) is 0.234. The topological polar surface area (TPSA) is 194 Å². The lowest BCUT2D eigenvalue weighted by Crippen LogP contribution is -2.53. The molecule has 0 spiro atoms. The molecule has 3 N–H and O–H groups in total. The van der Waals surface area contributed by atoms with Gasteiger partial charge in [-0.2, -0.15) is 29.9 Å². The molecule has 0 bridgehead atoms. The summed E-state index contributed by atoms with van der Waals surface area (Å²) in [6.07, 6.45) is 6.88. The van der Waals surface area contributed by atoms with Crippen LogP contribution >= 0.6 is 0 Å². The molecule has 4 aliphatic heterocycles. The summed E-state index contributed by atoms with van der Waals surface area (Å²) < 4.78 is 47.2. The molecule has 4 aromatic rings. The van der Waals surface area contributed by atoms with E-state index in [0.717, 1.165) is 25.7 Å². The zero-order valence-electron chi connectivity index (χ0n) is 33.2. The van der Waals surface area contributed by atoms with E-state index in [4.69, 9.17) is 49.8 Å². The van der Waals surface area contributed by atoms with Crippen molar-refractivity contribution in [2.24, 2.45) is 10.9 Å². The van der Waals surface area contributed by atoms with Gasteiger partial charge in [0.1, 0.15) is 11.4 Å². The lowest BCUT2D eigenvalue weighted by atomic mass is 9.91. The number of hydrogen-bond acceptors (Lipinski definition) is 18. The smallest absolute Gasteiger partial charge is 0.295 e. The minimum absolute atomic E-state index is 0.146. The Labute approximate surface area is 340 Å². The Morgan fingerprint density at radius 2 is 1.56 bits per heavy atom. The predicted octanol–water partition coefficient (Wildman–Crippen LogP) is 3.89. The molecule has 2 saturated heterocycles. The molecule has 0 amide bonds. The molecule has 3 aromatic heterocycles. The van der Waals surface area contributed by atoms with Gasteiger partial charge in [-0.05, 0) is 37.8 Å². The highest BCUT2D eigenvalue weighted by Crippen LogP contribution is 2.37. The van der Waals surface area contributed by atoms with E-state index in [-0.39, 0.29) is 35.7 Å². The summed E-state index contributed by atoms with van der Waals surface area (Å²) in [5.74, 6) is 2.72. The number of nitrogens with two attached hydrogens (primary N) is 1. The van der Waals surface area contributed by atoms with Crippen molar-refractivity contribution in [3.05, 3.63) is 49.1 Å². The van der Waals surface area contributed by atoms with Crippen LogP contribution in [0.4, 0.5) is 38.5 Å². The van der Waals surface area contributed by atoms with Gasteiger partial charge in [-0.15, -0.1) is 0 Å². The van der Waals surface area contributed by atoms with Gasteiger partial charge in [-0.1, -0.05) is 38.8 Å². The second-order valence-electron chi connectivity index (χ2n) is 15.5. The Morgan fingerprint density at radius 1 is 0.864 bits per heavy atom. The van der Waals surface area contributed by atoms with E-state index in [1.54, 1.807) is 17.3 Å². The van der Waals surface area contributed by atoms with Crippen LogP contribution in [0.3, 0.4) is 0 Å². The third-order valence-corrected chi connectivity index (χ3v) is 11.5. The third-order valence-electron chi connectivity index (χ3n) is 11.5. The lowest BCUT2D eigenvalue weighted by molar-refractivity contribution is -0.0866. The molecule has 9 rings (SSSR count). The summed E-state index contributed by atoms with van der Waals surface area (Å²) in [7, 11) is 0. The van der Waals surface area contributed by atoms with Crippen molar-refractivity contribution in [2.45, 2.75) is 76.9 Å². The highest BCUT2D eigenvalue weighted by atomic mass is 19.3. The number of anilines is 5. The van der Waals surface area contributed by atoms with Crippen LogP contribution in [-0.4, -0.2) is 122 Å². The molecule has 3 fully saturated rings. The third kappa shape index (κ3) is 7.73. The largest absolute Gasteiger partial charge is 0.463 e. The first-order chi connectivity index (χ1) is 28.6. The Bertz CT molecular complexity index is 2210. The van der Waals surface area contributed by atoms with Gasteiger partial charge in [0.05, 0.1) is 44.0 Å². The first-order valence-electron chi connectivity index (χ1n) is 20.1. The zero-order valence-corrected chi connectivity index (χ0v) is 33.2. The summed E-state index contributed by atoms with van der Waals surface area (Å²) in [6, 6.07) is 6.89. The van der Waals surface area contributed by atoms with Crippen LogP contribution in [0.1, 0.15) is 46.5 Å². The van der Waals surface area contributed by atoms with Gasteiger partial charge in [-0.3, -0.25) is 14.8 Å². The SMILES string of the molecule is CC(C)C1(C)NC=CN1c1nc(-c2cnc(N)nc2)nc(N2CCOC(Oc3cccc(-c4nc(N5CCOCC5)nc(N5C(C(F)F)=NC6CCCCC65)n4)c3)C2)n1. The Kier molecular flexibility index (Phi) is 10.5. The monoisotopic (exact) mass is 811 g/mol. The van der Waals surface area contributed by atoms with Gasteiger partial charge < -0.3 is 35.1 Å². The molecule has 0 radical (unpaired) electrons. The molecule has 4 unspecified atom stereocenters. The number of fused-ring (bicyclic) bond motifs is 1. The maximum absolute atomic E-state index is 14.5. The second-order valence-corrected chi connectivity index (χ2v) is 15.5.